The van der Waals surface area contributed by atoms with Gasteiger partial charge in [-0.3, -0.25) is 4.79 Å². The molecule has 0 aliphatic heterocycles. The number of rotatable bonds is 6. The molecule has 0 aliphatic rings. The summed E-state index contributed by atoms with van der Waals surface area (Å²) in [5.41, 5.74) is 0.728. The molecule has 0 saturated carbocycles. The Hall–Kier alpha value is -3.32. The second-order valence-corrected chi connectivity index (χ2v) is 6.23. The van der Waals surface area contributed by atoms with Gasteiger partial charge < -0.3 is 15.2 Å². The summed E-state index contributed by atoms with van der Waals surface area (Å²) < 4.78 is 7.26. The molecule has 0 unspecified atom stereocenters. The fourth-order valence-electron chi connectivity index (χ4n) is 2.71. The summed E-state index contributed by atoms with van der Waals surface area (Å²) in [6, 6.07) is 12.7. The van der Waals surface area contributed by atoms with E-state index in [4.69, 9.17) is 16.3 Å². The summed E-state index contributed by atoms with van der Waals surface area (Å²) in [6.07, 6.45) is 5.00. The van der Waals surface area contributed by atoms with Crippen molar-refractivity contribution in [2.75, 3.05) is 11.9 Å². The van der Waals surface area contributed by atoms with Crippen LogP contribution in [0.1, 0.15) is 0 Å². The SMILES string of the molecule is O=c1cc[nH]n1CCOc1ccc2c(Nc3ccc(Cl)nc3)nccc2c1. The van der Waals surface area contributed by atoms with Crippen molar-refractivity contribution in [2.24, 2.45) is 0 Å². The maximum atomic E-state index is 11.5. The zero-order chi connectivity index (χ0) is 18.6. The van der Waals surface area contributed by atoms with Gasteiger partial charge in [-0.2, -0.15) is 0 Å². The molecule has 0 radical (unpaired) electrons. The number of H-pyrrole nitrogens is 1. The van der Waals surface area contributed by atoms with Crippen molar-refractivity contribution < 1.29 is 4.74 Å². The number of pyridine rings is 2. The van der Waals surface area contributed by atoms with Crippen LogP contribution in [-0.4, -0.2) is 26.4 Å². The van der Waals surface area contributed by atoms with Gasteiger partial charge in [-0.25, -0.2) is 14.6 Å². The molecule has 0 amide bonds. The molecule has 1 aromatic carbocycles. The van der Waals surface area contributed by atoms with Gasteiger partial charge in [0.15, 0.2) is 0 Å². The van der Waals surface area contributed by atoms with E-state index in [1.54, 1.807) is 24.7 Å². The highest BCUT2D eigenvalue weighted by Crippen LogP contribution is 2.27. The van der Waals surface area contributed by atoms with E-state index >= 15 is 0 Å². The lowest BCUT2D eigenvalue weighted by molar-refractivity contribution is 0.289. The molecule has 8 heteroatoms. The lowest BCUT2D eigenvalue weighted by Gasteiger charge is -2.11. The molecule has 4 aromatic rings. The van der Waals surface area contributed by atoms with Crippen LogP contribution in [-0.2, 0) is 6.54 Å². The van der Waals surface area contributed by atoms with Gasteiger partial charge in [0, 0.05) is 23.8 Å². The minimum absolute atomic E-state index is 0.0735. The third-order valence-corrected chi connectivity index (χ3v) is 4.26. The van der Waals surface area contributed by atoms with E-state index in [0.717, 1.165) is 28.0 Å². The molecule has 0 fully saturated rings. The maximum Gasteiger partial charge on any atom is 0.266 e. The minimum atomic E-state index is -0.0735. The molecular weight excluding hydrogens is 366 g/mol. The molecule has 0 atom stereocenters. The molecule has 7 nitrogen and oxygen atoms in total. The van der Waals surface area contributed by atoms with Crippen molar-refractivity contribution in [3.63, 3.8) is 0 Å². The van der Waals surface area contributed by atoms with Crippen LogP contribution in [0.2, 0.25) is 5.15 Å². The van der Waals surface area contributed by atoms with Crippen molar-refractivity contribution in [3.8, 4) is 5.75 Å². The fraction of sp³-hybridized carbons (Fsp3) is 0.105. The first-order chi connectivity index (χ1) is 13.2. The lowest BCUT2D eigenvalue weighted by atomic mass is 10.1. The van der Waals surface area contributed by atoms with E-state index in [1.807, 2.05) is 30.3 Å². The van der Waals surface area contributed by atoms with E-state index in [9.17, 15) is 4.79 Å². The highest BCUT2D eigenvalue weighted by molar-refractivity contribution is 6.29. The van der Waals surface area contributed by atoms with Crippen molar-refractivity contribution >= 4 is 33.9 Å². The van der Waals surface area contributed by atoms with Crippen molar-refractivity contribution in [3.05, 3.63) is 76.6 Å². The quantitative estimate of drug-likeness (QED) is 0.498. The standard InChI is InChI=1S/C19H16ClN5O2/c20-17-4-1-14(12-22-17)24-19-16-3-2-15(11-13(16)5-7-21-19)27-10-9-25-18(26)6-8-23-25/h1-8,11-12,23H,9-10H2,(H,21,24). The van der Waals surface area contributed by atoms with Crippen LogP contribution < -0.4 is 15.6 Å². The fourth-order valence-corrected chi connectivity index (χ4v) is 2.83. The molecular formula is C19H16ClN5O2. The Morgan fingerprint density at radius 3 is 2.85 bits per heavy atom. The summed E-state index contributed by atoms with van der Waals surface area (Å²) in [5.74, 6) is 1.45. The van der Waals surface area contributed by atoms with Crippen LogP contribution in [0.15, 0.2) is 65.8 Å². The molecule has 0 saturated heterocycles. The van der Waals surface area contributed by atoms with Crippen LogP contribution in [0.25, 0.3) is 10.8 Å². The average molecular weight is 382 g/mol. The van der Waals surface area contributed by atoms with Gasteiger partial charge in [0.25, 0.3) is 5.56 Å². The molecule has 0 aliphatic carbocycles. The zero-order valence-electron chi connectivity index (χ0n) is 14.2. The maximum absolute atomic E-state index is 11.5. The van der Waals surface area contributed by atoms with Gasteiger partial charge in [-0.1, -0.05) is 11.6 Å². The van der Waals surface area contributed by atoms with Gasteiger partial charge in [0.2, 0.25) is 0 Å². The predicted octanol–water partition coefficient (Wildman–Crippen LogP) is 3.60. The summed E-state index contributed by atoms with van der Waals surface area (Å²) in [4.78, 5) is 20.0. The molecule has 2 N–H and O–H groups in total. The third-order valence-electron chi connectivity index (χ3n) is 4.03. The molecule has 27 heavy (non-hydrogen) atoms. The van der Waals surface area contributed by atoms with Crippen molar-refractivity contribution in [2.45, 2.75) is 6.54 Å². The molecule has 0 bridgehead atoms. The number of nitrogens with zero attached hydrogens (tertiary/aromatic N) is 3. The Morgan fingerprint density at radius 2 is 2.07 bits per heavy atom. The number of aromatic amines is 1. The van der Waals surface area contributed by atoms with Crippen molar-refractivity contribution in [1.82, 2.24) is 19.7 Å². The predicted molar refractivity (Wildman–Crippen MR) is 105 cm³/mol. The first-order valence-corrected chi connectivity index (χ1v) is 8.71. The van der Waals surface area contributed by atoms with Gasteiger partial charge in [0.05, 0.1) is 18.4 Å². The van der Waals surface area contributed by atoms with Gasteiger partial charge in [-0.05, 0) is 41.8 Å². The highest BCUT2D eigenvalue weighted by Gasteiger charge is 2.05. The monoisotopic (exact) mass is 381 g/mol. The first kappa shape index (κ1) is 17.1. The smallest absolute Gasteiger partial charge is 0.266 e. The molecule has 136 valence electrons. The number of hydrogen-bond acceptors (Lipinski definition) is 5. The third kappa shape index (κ3) is 3.93. The lowest BCUT2D eigenvalue weighted by Crippen LogP contribution is -2.19. The van der Waals surface area contributed by atoms with Gasteiger partial charge in [0.1, 0.15) is 23.3 Å². The molecule has 3 heterocycles. The second-order valence-electron chi connectivity index (χ2n) is 5.84. The van der Waals surface area contributed by atoms with E-state index < -0.39 is 0 Å². The highest BCUT2D eigenvalue weighted by atomic mass is 35.5. The second kappa shape index (κ2) is 7.51. The number of ether oxygens (including phenoxy) is 1. The van der Waals surface area contributed by atoms with Crippen LogP contribution >= 0.6 is 11.6 Å². The van der Waals surface area contributed by atoms with E-state index in [2.05, 4.69) is 20.4 Å². The number of halogens is 1. The van der Waals surface area contributed by atoms with Crippen LogP contribution in [0.3, 0.4) is 0 Å². The number of anilines is 2. The Kier molecular flexibility index (Phi) is 4.76. The van der Waals surface area contributed by atoms with E-state index in [0.29, 0.717) is 18.3 Å². The zero-order valence-corrected chi connectivity index (χ0v) is 15.0. The number of benzene rings is 1. The Bertz CT molecular complexity index is 1120. The van der Waals surface area contributed by atoms with Gasteiger partial charge >= 0.3 is 0 Å². The number of fused-ring (bicyclic) bond motifs is 1. The largest absolute Gasteiger partial charge is 0.492 e. The first-order valence-electron chi connectivity index (χ1n) is 8.33. The number of aromatic nitrogens is 4. The minimum Gasteiger partial charge on any atom is -0.492 e. The van der Waals surface area contributed by atoms with Crippen LogP contribution in [0, 0.1) is 0 Å². The number of hydrogen-bond donors (Lipinski definition) is 2. The van der Waals surface area contributed by atoms with Crippen molar-refractivity contribution in [1.29, 1.82) is 0 Å². The summed E-state index contributed by atoms with van der Waals surface area (Å²) >= 11 is 5.82. The summed E-state index contributed by atoms with van der Waals surface area (Å²) in [7, 11) is 0. The van der Waals surface area contributed by atoms with Gasteiger partial charge in [-0.15, -0.1) is 0 Å². The normalized spacial score (nSPS) is 10.9. The summed E-state index contributed by atoms with van der Waals surface area (Å²) in [5, 5.41) is 8.48. The van der Waals surface area contributed by atoms with Crippen LogP contribution in [0.4, 0.5) is 11.5 Å². The average Bonchev–Trinajstić information content (AvgIpc) is 3.09. The Labute approximate surface area is 159 Å². The number of nitrogens with one attached hydrogen (secondary N) is 2. The van der Waals surface area contributed by atoms with E-state index in [1.165, 1.54) is 10.7 Å². The molecule has 0 spiro atoms. The van der Waals surface area contributed by atoms with E-state index in [-0.39, 0.29) is 5.56 Å². The Morgan fingerprint density at radius 1 is 1.15 bits per heavy atom. The molecule has 3 aromatic heterocycles. The topological polar surface area (TPSA) is 84.8 Å². The Balaban J connectivity index is 1.50. The van der Waals surface area contributed by atoms with Crippen LogP contribution in [0.5, 0.6) is 5.75 Å². The molecule has 4 rings (SSSR count). The summed E-state index contributed by atoms with van der Waals surface area (Å²) in [6.45, 7) is 0.842.